The highest BCUT2D eigenvalue weighted by atomic mass is 79.9. The fourth-order valence-electron chi connectivity index (χ4n) is 3.52. The zero-order valence-corrected chi connectivity index (χ0v) is 22.2. The van der Waals surface area contributed by atoms with Crippen LogP contribution in [0.25, 0.3) is 17.3 Å². The van der Waals surface area contributed by atoms with E-state index in [9.17, 15) is 13.5 Å². The quantitative estimate of drug-likeness (QED) is 0.303. The van der Waals surface area contributed by atoms with Gasteiger partial charge in [-0.3, -0.25) is 14.3 Å². The largest absolute Gasteiger partial charge is 0.494 e. The van der Waals surface area contributed by atoms with Crippen LogP contribution in [0.3, 0.4) is 0 Å². The molecule has 0 unspecified atom stereocenters. The lowest BCUT2D eigenvalue weighted by Gasteiger charge is -2.21. The summed E-state index contributed by atoms with van der Waals surface area (Å²) in [5.74, 6) is 1.81. The van der Waals surface area contributed by atoms with Gasteiger partial charge in [0.2, 0.25) is 21.8 Å². The molecular formula is C23H24BrN5O6S. The van der Waals surface area contributed by atoms with E-state index in [4.69, 9.17) is 13.9 Å². The number of para-hydroxylation sites is 1. The van der Waals surface area contributed by atoms with E-state index in [1.807, 2.05) is 0 Å². The van der Waals surface area contributed by atoms with Gasteiger partial charge in [0, 0.05) is 10.7 Å². The van der Waals surface area contributed by atoms with Crippen molar-refractivity contribution in [2.24, 2.45) is 0 Å². The molecule has 190 valence electrons. The molecule has 2 N–H and O–H groups in total. The Bertz CT molecular complexity index is 1450. The van der Waals surface area contributed by atoms with Gasteiger partial charge in [-0.15, -0.1) is 10.2 Å². The number of benzene rings is 1. The summed E-state index contributed by atoms with van der Waals surface area (Å²) in [5.41, 5.74) is 0.563. The molecule has 0 saturated heterocycles. The number of hydrogen-bond acceptors (Lipinski definition) is 9. The van der Waals surface area contributed by atoms with Crippen LogP contribution >= 0.6 is 15.9 Å². The fourth-order valence-corrected chi connectivity index (χ4v) is 4.81. The van der Waals surface area contributed by atoms with Gasteiger partial charge in [-0.25, -0.2) is 8.42 Å². The lowest BCUT2D eigenvalue weighted by atomic mass is 10.2. The molecule has 0 saturated carbocycles. The number of aliphatic hydroxyl groups is 1. The number of nitrogens with one attached hydrogen (secondary N) is 1. The zero-order chi connectivity index (χ0) is 26.0. The summed E-state index contributed by atoms with van der Waals surface area (Å²) in [7, 11) is -1.23. The van der Waals surface area contributed by atoms with Crippen molar-refractivity contribution in [1.82, 2.24) is 19.7 Å². The van der Waals surface area contributed by atoms with Gasteiger partial charge in [0.25, 0.3) is 0 Å². The third-order valence-electron chi connectivity index (χ3n) is 5.47. The van der Waals surface area contributed by atoms with Gasteiger partial charge < -0.3 is 19.0 Å². The van der Waals surface area contributed by atoms with Gasteiger partial charge in [0.05, 0.1) is 19.9 Å². The first-order valence-corrected chi connectivity index (χ1v) is 13.0. The molecule has 3 heterocycles. The smallest absolute Gasteiger partial charge is 0.243 e. The minimum atomic E-state index is -4.19. The van der Waals surface area contributed by atoms with Crippen LogP contribution in [0.2, 0.25) is 0 Å². The van der Waals surface area contributed by atoms with Crippen molar-refractivity contribution in [1.29, 1.82) is 0 Å². The summed E-state index contributed by atoms with van der Waals surface area (Å²) in [6, 6.07) is 11.8. The second-order valence-corrected chi connectivity index (χ2v) is 10.8. The Morgan fingerprint density at radius 3 is 2.33 bits per heavy atom. The number of pyridine rings is 1. The van der Waals surface area contributed by atoms with Gasteiger partial charge in [-0.1, -0.05) is 6.07 Å². The van der Waals surface area contributed by atoms with Crippen molar-refractivity contribution in [3.63, 3.8) is 0 Å². The monoisotopic (exact) mass is 577 g/mol. The summed E-state index contributed by atoms with van der Waals surface area (Å²) >= 11 is 3.27. The van der Waals surface area contributed by atoms with Crippen LogP contribution < -0.4 is 14.2 Å². The number of methoxy groups -OCH3 is 2. The molecule has 0 radical (unpaired) electrons. The number of hydrogen-bond donors (Lipinski definition) is 2. The van der Waals surface area contributed by atoms with E-state index in [1.54, 1.807) is 49.4 Å². The lowest BCUT2D eigenvalue weighted by molar-refractivity contribution is 0.171. The Hall–Kier alpha value is -3.42. The number of furan rings is 1. The molecule has 0 aliphatic heterocycles. The summed E-state index contributed by atoms with van der Waals surface area (Å²) in [4.78, 5) is 4.11. The van der Waals surface area contributed by atoms with Gasteiger partial charge in [0.1, 0.15) is 34.3 Å². The average Bonchev–Trinajstić information content (AvgIpc) is 3.48. The van der Waals surface area contributed by atoms with E-state index >= 15 is 0 Å². The number of halogens is 1. The molecule has 0 bridgehead atoms. The SMILES string of the molecule is COc1cccc(OC)c1-n1c(NS(=O)(=O)[C@@H](C)[C@H](O)c2ccc(Br)cn2)nnc1-c1ccc(C)o1. The molecule has 3 aromatic heterocycles. The van der Waals surface area contributed by atoms with Crippen molar-refractivity contribution in [2.45, 2.75) is 25.2 Å². The third-order valence-corrected chi connectivity index (χ3v) is 7.64. The van der Waals surface area contributed by atoms with Crippen LogP contribution in [0.15, 0.2) is 57.6 Å². The minimum Gasteiger partial charge on any atom is -0.494 e. The maximum Gasteiger partial charge on any atom is 0.243 e. The first-order valence-electron chi connectivity index (χ1n) is 10.7. The molecular weight excluding hydrogens is 554 g/mol. The highest BCUT2D eigenvalue weighted by Crippen LogP contribution is 2.38. The van der Waals surface area contributed by atoms with E-state index in [1.165, 1.54) is 31.9 Å². The molecule has 13 heteroatoms. The van der Waals surface area contributed by atoms with Crippen molar-refractivity contribution in [3.05, 3.63) is 64.6 Å². The average molecular weight is 578 g/mol. The van der Waals surface area contributed by atoms with Gasteiger partial charge in [0.15, 0.2) is 5.76 Å². The van der Waals surface area contributed by atoms with E-state index in [-0.39, 0.29) is 17.5 Å². The van der Waals surface area contributed by atoms with Gasteiger partial charge in [-0.2, -0.15) is 0 Å². The second kappa shape index (κ2) is 10.3. The number of aromatic nitrogens is 4. The molecule has 0 fully saturated rings. The van der Waals surface area contributed by atoms with Crippen molar-refractivity contribution < 1.29 is 27.4 Å². The summed E-state index contributed by atoms with van der Waals surface area (Å²) in [5, 5.41) is 17.7. The van der Waals surface area contributed by atoms with Crippen LogP contribution in [0, 0.1) is 6.92 Å². The maximum absolute atomic E-state index is 13.3. The van der Waals surface area contributed by atoms with Crippen molar-refractivity contribution in [3.8, 4) is 28.8 Å². The number of aliphatic hydroxyl groups excluding tert-OH is 1. The second-order valence-electron chi connectivity index (χ2n) is 7.80. The van der Waals surface area contributed by atoms with Crippen LogP contribution in [0.5, 0.6) is 11.5 Å². The molecule has 0 spiro atoms. The normalized spacial score (nSPS) is 13.3. The topological polar surface area (TPSA) is 142 Å². The van der Waals surface area contributed by atoms with Crippen molar-refractivity contribution in [2.75, 3.05) is 18.9 Å². The number of rotatable bonds is 9. The first kappa shape index (κ1) is 25.7. The Balaban J connectivity index is 1.81. The molecule has 1 aromatic carbocycles. The molecule has 11 nitrogen and oxygen atoms in total. The Labute approximate surface area is 216 Å². The van der Waals surface area contributed by atoms with E-state index in [0.717, 1.165) is 0 Å². The maximum atomic E-state index is 13.3. The zero-order valence-electron chi connectivity index (χ0n) is 19.8. The Kier molecular flexibility index (Phi) is 7.33. The number of aryl methyl sites for hydroxylation is 1. The third kappa shape index (κ3) is 4.94. The van der Waals surface area contributed by atoms with Crippen molar-refractivity contribution >= 4 is 31.9 Å². The predicted octanol–water partition coefficient (Wildman–Crippen LogP) is 3.87. The Morgan fingerprint density at radius 2 is 1.78 bits per heavy atom. The molecule has 36 heavy (non-hydrogen) atoms. The number of anilines is 1. The fraction of sp³-hybridized carbons (Fsp3) is 0.261. The molecule has 0 amide bonds. The standard InChI is InChI=1S/C23H24BrN5O6S/c1-13-8-11-19(35-13)22-26-27-23(29(22)20-17(33-3)6-5-7-18(20)34-4)28-36(31,32)14(2)21(30)16-10-9-15(24)12-25-16/h5-12,14,21,30H,1-4H3,(H,27,28)/t14-,21-/m0/s1. The van der Waals surface area contributed by atoms with E-state index < -0.39 is 21.4 Å². The van der Waals surface area contributed by atoms with Crippen LogP contribution in [0.4, 0.5) is 5.95 Å². The number of nitrogens with zero attached hydrogens (tertiary/aromatic N) is 4. The van der Waals surface area contributed by atoms with Crippen LogP contribution in [-0.4, -0.2) is 52.7 Å². The van der Waals surface area contributed by atoms with Crippen LogP contribution in [0.1, 0.15) is 24.5 Å². The first-order chi connectivity index (χ1) is 17.2. The van der Waals surface area contributed by atoms with E-state index in [0.29, 0.717) is 33.2 Å². The molecule has 0 aliphatic carbocycles. The Morgan fingerprint density at radius 1 is 1.08 bits per heavy atom. The molecule has 4 rings (SSSR count). The highest BCUT2D eigenvalue weighted by molar-refractivity contribution is 9.10. The molecule has 4 aromatic rings. The van der Waals surface area contributed by atoms with Gasteiger partial charge >= 0.3 is 0 Å². The summed E-state index contributed by atoms with van der Waals surface area (Å²) in [6.07, 6.45) is 0.0769. The molecule has 2 atom stereocenters. The van der Waals surface area contributed by atoms with E-state index in [2.05, 4.69) is 35.8 Å². The number of ether oxygens (including phenoxy) is 2. The predicted molar refractivity (Wildman–Crippen MR) is 136 cm³/mol. The highest BCUT2D eigenvalue weighted by Gasteiger charge is 2.33. The van der Waals surface area contributed by atoms with Crippen LogP contribution in [-0.2, 0) is 10.0 Å². The lowest BCUT2D eigenvalue weighted by Crippen LogP contribution is -2.32. The van der Waals surface area contributed by atoms with Gasteiger partial charge in [-0.05, 0) is 66.2 Å². The minimum absolute atomic E-state index is 0.148. The number of sulfonamides is 1. The summed E-state index contributed by atoms with van der Waals surface area (Å²) < 4.78 is 48.1. The summed E-state index contributed by atoms with van der Waals surface area (Å²) in [6.45, 7) is 3.15. The molecule has 0 aliphatic rings.